The molecule has 2 N–H and O–H groups in total. The first-order chi connectivity index (χ1) is 12.3. The van der Waals surface area contributed by atoms with Crippen molar-refractivity contribution in [2.24, 2.45) is 0 Å². The molecule has 26 heavy (non-hydrogen) atoms. The summed E-state index contributed by atoms with van der Waals surface area (Å²) in [4.78, 5) is 17.3. The number of para-hydroxylation sites is 1. The molecule has 2 rings (SSSR count). The number of phenolic OH excluding ortho intramolecular Hbond substituents is 1. The average molecular weight is 369 g/mol. The van der Waals surface area contributed by atoms with E-state index in [9.17, 15) is 23.1 Å². The monoisotopic (exact) mass is 369 g/mol. The molecule has 0 aliphatic rings. The summed E-state index contributed by atoms with van der Waals surface area (Å²) in [5.41, 5.74) is 0.891. The highest BCUT2D eigenvalue weighted by Gasteiger charge is 2.29. The fraction of sp³-hybridized carbons (Fsp3) is 0.294. The van der Waals surface area contributed by atoms with Gasteiger partial charge in [0.25, 0.3) is 0 Å². The molecule has 2 aromatic rings. The van der Waals surface area contributed by atoms with Crippen LogP contribution in [0, 0.1) is 0 Å². The SMILES string of the molecule is CN(Cc1ccccc1O)C(=O)NCc1cccnc1OCC(F)(F)F. The lowest BCUT2D eigenvalue weighted by Crippen LogP contribution is -2.36. The summed E-state index contributed by atoms with van der Waals surface area (Å²) in [6.45, 7) is -1.34. The van der Waals surface area contributed by atoms with Crippen molar-refractivity contribution in [2.75, 3.05) is 13.7 Å². The van der Waals surface area contributed by atoms with Crippen molar-refractivity contribution in [3.63, 3.8) is 0 Å². The van der Waals surface area contributed by atoms with E-state index >= 15 is 0 Å². The Morgan fingerprint density at radius 3 is 2.62 bits per heavy atom. The minimum absolute atomic E-state index is 0.0506. The van der Waals surface area contributed by atoms with Crippen molar-refractivity contribution in [1.82, 2.24) is 15.2 Å². The quantitative estimate of drug-likeness (QED) is 0.821. The molecular weight excluding hydrogens is 351 g/mol. The third kappa shape index (κ3) is 5.83. The van der Waals surface area contributed by atoms with Gasteiger partial charge in [-0.2, -0.15) is 13.2 Å². The number of aromatic hydroxyl groups is 1. The number of benzene rings is 1. The van der Waals surface area contributed by atoms with Crippen LogP contribution in [0.25, 0.3) is 0 Å². The fourth-order valence-corrected chi connectivity index (χ4v) is 2.12. The highest BCUT2D eigenvalue weighted by atomic mass is 19.4. The number of carbonyl (C=O) groups excluding carboxylic acids is 1. The van der Waals surface area contributed by atoms with Crippen LogP contribution in [0.4, 0.5) is 18.0 Å². The maximum Gasteiger partial charge on any atom is 0.422 e. The van der Waals surface area contributed by atoms with Gasteiger partial charge in [-0.3, -0.25) is 0 Å². The number of nitrogens with zero attached hydrogens (tertiary/aromatic N) is 2. The number of urea groups is 1. The molecule has 0 bridgehead atoms. The molecule has 2 amide bonds. The van der Waals surface area contributed by atoms with Gasteiger partial charge >= 0.3 is 12.2 Å². The zero-order chi connectivity index (χ0) is 19.2. The highest BCUT2D eigenvalue weighted by Crippen LogP contribution is 2.20. The molecule has 140 valence electrons. The number of pyridine rings is 1. The third-order valence-corrected chi connectivity index (χ3v) is 3.40. The zero-order valence-electron chi connectivity index (χ0n) is 14.0. The summed E-state index contributed by atoms with van der Waals surface area (Å²) in [7, 11) is 1.53. The molecule has 9 heteroatoms. The van der Waals surface area contributed by atoms with Gasteiger partial charge in [-0.25, -0.2) is 9.78 Å². The van der Waals surface area contributed by atoms with Crippen LogP contribution < -0.4 is 10.1 Å². The molecule has 0 fully saturated rings. The number of nitrogens with one attached hydrogen (secondary N) is 1. The number of amides is 2. The molecular formula is C17H18F3N3O3. The molecule has 0 saturated carbocycles. The van der Waals surface area contributed by atoms with Gasteiger partial charge in [-0.1, -0.05) is 24.3 Å². The standard InChI is InChI=1S/C17H18F3N3O3/c1-23(10-13-5-2-3-7-14(13)24)16(25)22-9-12-6-4-8-21-15(12)26-11-17(18,19)20/h2-8,24H,9-11H2,1H3,(H,22,25). The van der Waals surface area contributed by atoms with Crippen molar-refractivity contribution >= 4 is 6.03 Å². The van der Waals surface area contributed by atoms with E-state index in [1.807, 2.05) is 0 Å². The Morgan fingerprint density at radius 2 is 1.92 bits per heavy atom. The molecule has 0 saturated heterocycles. The molecule has 0 aliphatic carbocycles. The van der Waals surface area contributed by atoms with Crippen molar-refractivity contribution in [2.45, 2.75) is 19.3 Å². The molecule has 6 nitrogen and oxygen atoms in total. The van der Waals surface area contributed by atoms with Gasteiger partial charge in [0, 0.05) is 30.9 Å². The second kappa shape index (κ2) is 8.41. The van der Waals surface area contributed by atoms with Gasteiger partial charge in [0.2, 0.25) is 5.88 Å². The van der Waals surface area contributed by atoms with E-state index in [0.717, 1.165) is 0 Å². The van der Waals surface area contributed by atoms with E-state index in [1.54, 1.807) is 18.2 Å². The summed E-state index contributed by atoms with van der Waals surface area (Å²) in [6, 6.07) is 9.20. The van der Waals surface area contributed by atoms with Crippen LogP contribution in [-0.2, 0) is 13.1 Å². The number of hydrogen-bond acceptors (Lipinski definition) is 4. The zero-order valence-corrected chi connectivity index (χ0v) is 14.0. The van der Waals surface area contributed by atoms with Crippen LogP contribution in [-0.4, -0.2) is 40.9 Å². The number of halogens is 3. The Morgan fingerprint density at radius 1 is 1.23 bits per heavy atom. The summed E-state index contributed by atoms with van der Waals surface area (Å²) in [6.07, 6.45) is -3.17. The van der Waals surface area contributed by atoms with Crippen LogP contribution >= 0.6 is 0 Å². The summed E-state index contributed by atoms with van der Waals surface area (Å²) in [5, 5.41) is 12.3. The molecule has 1 heterocycles. The van der Waals surface area contributed by atoms with E-state index in [-0.39, 0.29) is 24.7 Å². The second-order valence-electron chi connectivity index (χ2n) is 5.52. The summed E-state index contributed by atoms with van der Waals surface area (Å²) in [5.74, 6) is -0.115. The number of rotatable bonds is 6. The van der Waals surface area contributed by atoms with Crippen molar-refractivity contribution in [3.05, 3.63) is 53.7 Å². The van der Waals surface area contributed by atoms with Crippen LogP contribution in [0.2, 0.25) is 0 Å². The smallest absolute Gasteiger partial charge is 0.422 e. The van der Waals surface area contributed by atoms with E-state index in [4.69, 9.17) is 0 Å². The van der Waals surface area contributed by atoms with Crippen molar-refractivity contribution in [3.8, 4) is 11.6 Å². The van der Waals surface area contributed by atoms with Crippen LogP contribution in [0.15, 0.2) is 42.6 Å². The van der Waals surface area contributed by atoms with Gasteiger partial charge < -0.3 is 20.1 Å². The van der Waals surface area contributed by atoms with Crippen LogP contribution in [0.1, 0.15) is 11.1 Å². The molecule has 1 aromatic carbocycles. The van der Waals surface area contributed by atoms with Crippen LogP contribution in [0.3, 0.4) is 0 Å². The van der Waals surface area contributed by atoms with Crippen LogP contribution in [0.5, 0.6) is 11.6 Å². The number of carbonyl (C=O) groups is 1. The minimum Gasteiger partial charge on any atom is -0.508 e. The average Bonchev–Trinajstić information content (AvgIpc) is 2.59. The summed E-state index contributed by atoms with van der Waals surface area (Å²) >= 11 is 0. The first-order valence-corrected chi connectivity index (χ1v) is 7.65. The molecule has 0 radical (unpaired) electrons. The van der Waals surface area contributed by atoms with Gasteiger partial charge in [0.05, 0.1) is 6.54 Å². The first-order valence-electron chi connectivity index (χ1n) is 7.65. The van der Waals surface area contributed by atoms with E-state index in [0.29, 0.717) is 11.1 Å². The topological polar surface area (TPSA) is 74.7 Å². The Balaban J connectivity index is 1.93. The Labute approximate surface area is 148 Å². The second-order valence-corrected chi connectivity index (χ2v) is 5.52. The molecule has 0 spiro atoms. The number of aromatic nitrogens is 1. The Hall–Kier alpha value is -2.97. The highest BCUT2D eigenvalue weighted by molar-refractivity contribution is 5.74. The lowest BCUT2D eigenvalue weighted by Gasteiger charge is -2.19. The van der Waals surface area contributed by atoms with Crippen molar-refractivity contribution < 1.29 is 27.8 Å². The van der Waals surface area contributed by atoms with Crippen molar-refractivity contribution in [1.29, 1.82) is 0 Å². The van der Waals surface area contributed by atoms with Gasteiger partial charge in [0.15, 0.2) is 6.61 Å². The number of phenols is 1. The number of hydrogen-bond donors (Lipinski definition) is 2. The molecule has 0 aliphatic heterocycles. The number of ether oxygens (including phenoxy) is 1. The van der Waals surface area contributed by atoms with E-state index < -0.39 is 18.8 Å². The van der Waals surface area contributed by atoms with Gasteiger partial charge in [-0.15, -0.1) is 0 Å². The lowest BCUT2D eigenvalue weighted by atomic mass is 10.2. The molecule has 0 unspecified atom stereocenters. The normalized spacial score (nSPS) is 11.1. The lowest BCUT2D eigenvalue weighted by molar-refractivity contribution is -0.154. The molecule has 0 atom stereocenters. The largest absolute Gasteiger partial charge is 0.508 e. The van der Waals surface area contributed by atoms with Gasteiger partial charge in [-0.05, 0) is 12.1 Å². The maximum atomic E-state index is 12.3. The van der Waals surface area contributed by atoms with Gasteiger partial charge in [0.1, 0.15) is 5.75 Å². The van der Waals surface area contributed by atoms with E-state index in [2.05, 4.69) is 15.0 Å². The Kier molecular flexibility index (Phi) is 6.26. The van der Waals surface area contributed by atoms with E-state index in [1.165, 1.54) is 36.3 Å². The fourth-order valence-electron chi connectivity index (χ4n) is 2.12. The Bertz CT molecular complexity index is 753. The maximum absolute atomic E-state index is 12.3. The molecule has 1 aromatic heterocycles. The predicted molar refractivity (Wildman–Crippen MR) is 87.6 cm³/mol. The minimum atomic E-state index is -4.48. The third-order valence-electron chi connectivity index (χ3n) is 3.40. The predicted octanol–water partition coefficient (Wildman–Crippen LogP) is 3.07. The summed E-state index contributed by atoms with van der Waals surface area (Å²) < 4.78 is 41.5. The first kappa shape index (κ1) is 19.4. The number of alkyl halides is 3.